The van der Waals surface area contributed by atoms with Gasteiger partial charge >= 0.3 is 0 Å². The van der Waals surface area contributed by atoms with E-state index in [4.69, 9.17) is 5.73 Å². The van der Waals surface area contributed by atoms with Gasteiger partial charge in [0.2, 0.25) is 0 Å². The molecule has 0 radical (unpaired) electrons. The van der Waals surface area contributed by atoms with Crippen molar-refractivity contribution in [3.63, 3.8) is 0 Å². The molecule has 4 nitrogen and oxygen atoms in total. The Morgan fingerprint density at radius 2 is 2.18 bits per heavy atom. The summed E-state index contributed by atoms with van der Waals surface area (Å²) < 4.78 is 2.04. The molecule has 2 heterocycles. The quantitative estimate of drug-likeness (QED) is 0.718. The fourth-order valence-corrected chi connectivity index (χ4v) is 3.39. The van der Waals surface area contributed by atoms with Crippen LogP contribution in [0.3, 0.4) is 0 Å². The standard InChI is InChI=1S/C11H8N4S2/c12-7-3-4-8-9(6-7)16-11(14-8)17-10-2-1-5-13-15-10/h1-6H,12H2. The highest BCUT2D eigenvalue weighted by atomic mass is 32.2. The first-order valence-corrected chi connectivity index (χ1v) is 6.56. The molecule has 84 valence electrons. The molecular weight excluding hydrogens is 252 g/mol. The maximum absolute atomic E-state index is 5.74. The number of anilines is 1. The van der Waals surface area contributed by atoms with Gasteiger partial charge in [0.1, 0.15) is 5.03 Å². The smallest absolute Gasteiger partial charge is 0.157 e. The predicted molar refractivity (Wildman–Crippen MR) is 70.2 cm³/mol. The third kappa shape index (κ3) is 2.22. The van der Waals surface area contributed by atoms with Crippen LogP contribution in [0.15, 0.2) is 45.9 Å². The number of nitrogen functional groups attached to an aromatic ring is 1. The number of hydrogen-bond donors (Lipinski definition) is 1. The molecule has 0 bridgehead atoms. The molecule has 0 unspecified atom stereocenters. The summed E-state index contributed by atoms with van der Waals surface area (Å²) in [7, 11) is 0. The Hall–Kier alpha value is -1.66. The van der Waals surface area contributed by atoms with Crippen LogP contribution < -0.4 is 5.73 Å². The van der Waals surface area contributed by atoms with Crippen LogP contribution in [-0.2, 0) is 0 Å². The second-order valence-electron chi connectivity index (χ2n) is 3.37. The minimum atomic E-state index is 0.761. The predicted octanol–water partition coefficient (Wildman–Crippen LogP) is 2.82. The monoisotopic (exact) mass is 260 g/mol. The second-order valence-corrected chi connectivity index (χ2v) is 5.67. The molecule has 3 aromatic rings. The van der Waals surface area contributed by atoms with Crippen LogP contribution in [0.5, 0.6) is 0 Å². The molecule has 0 saturated carbocycles. The maximum atomic E-state index is 5.74. The zero-order valence-corrected chi connectivity index (χ0v) is 10.3. The van der Waals surface area contributed by atoms with E-state index in [0.717, 1.165) is 25.3 Å². The highest BCUT2D eigenvalue weighted by molar-refractivity contribution is 8.01. The molecule has 0 saturated heterocycles. The first-order valence-electron chi connectivity index (χ1n) is 4.93. The molecule has 0 aliphatic carbocycles. The average molecular weight is 260 g/mol. The molecule has 17 heavy (non-hydrogen) atoms. The lowest BCUT2D eigenvalue weighted by Gasteiger charge is -1.92. The van der Waals surface area contributed by atoms with Gasteiger partial charge in [0.25, 0.3) is 0 Å². The topological polar surface area (TPSA) is 64.7 Å². The minimum absolute atomic E-state index is 0.761. The van der Waals surface area contributed by atoms with Crippen LogP contribution >= 0.6 is 23.1 Å². The van der Waals surface area contributed by atoms with Crippen molar-refractivity contribution < 1.29 is 0 Å². The minimum Gasteiger partial charge on any atom is -0.399 e. The SMILES string of the molecule is Nc1ccc2nc(Sc3cccnn3)sc2c1. The summed E-state index contributed by atoms with van der Waals surface area (Å²) in [5, 5.41) is 8.70. The van der Waals surface area contributed by atoms with Crippen LogP contribution in [0.25, 0.3) is 10.2 Å². The number of hydrogen-bond acceptors (Lipinski definition) is 6. The van der Waals surface area contributed by atoms with Crippen molar-refractivity contribution in [2.75, 3.05) is 5.73 Å². The van der Waals surface area contributed by atoms with Crippen molar-refractivity contribution in [3.8, 4) is 0 Å². The first-order chi connectivity index (χ1) is 8.31. The summed E-state index contributed by atoms with van der Waals surface area (Å²) in [6.45, 7) is 0. The first kappa shape index (κ1) is 10.5. The fourth-order valence-electron chi connectivity index (χ4n) is 1.40. The largest absolute Gasteiger partial charge is 0.399 e. The summed E-state index contributed by atoms with van der Waals surface area (Å²) in [4.78, 5) is 4.51. The lowest BCUT2D eigenvalue weighted by Crippen LogP contribution is -1.82. The van der Waals surface area contributed by atoms with E-state index in [2.05, 4.69) is 15.2 Å². The van der Waals surface area contributed by atoms with Gasteiger partial charge in [-0.1, -0.05) is 0 Å². The lowest BCUT2D eigenvalue weighted by molar-refractivity contribution is 0.929. The number of nitrogens with two attached hydrogens (primary N) is 1. The number of benzene rings is 1. The summed E-state index contributed by atoms with van der Waals surface area (Å²) in [5.74, 6) is 0. The van der Waals surface area contributed by atoms with Gasteiger partial charge in [-0.05, 0) is 42.1 Å². The zero-order valence-electron chi connectivity index (χ0n) is 8.70. The van der Waals surface area contributed by atoms with E-state index in [0.29, 0.717) is 0 Å². The number of rotatable bonds is 2. The van der Waals surface area contributed by atoms with Gasteiger partial charge < -0.3 is 5.73 Å². The van der Waals surface area contributed by atoms with E-state index in [1.165, 1.54) is 11.8 Å². The van der Waals surface area contributed by atoms with Gasteiger partial charge in [0.05, 0.1) is 10.2 Å². The van der Waals surface area contributed by atoms with E-state index in [9.17, 15) is 0 Å². The molecule has 0 fully saturated rings. The Balaban J connectivity index is 1.96. The van der Waals surface area contributed by atoms with Crippen molar-refractivity contribution in [3.05, 3.63) is 36.5 Å². The van der Waals surface area contributed by atoms with Crippen LogP contribution in [0.2, 0.25) is 0 Å². The Kier molecular flexibility index (Phi) is 2.66. The number of fused-ring (bicyclic) bond motifs is 1. The van der Waals surface area contributed by atoms with Gasteiger partial charge in [-0.2, -0.15) is 5.10 Å². The van der Waals surface area contributed by atoms with Crippen LogP contribution in [0, 0.1) is 0 Å². The molecular formula is C11H8N4S2. The highest BCUT2D eigenvalue weighted by Gasteiger charge is 2.06. The number of thiazole rings is 1. The van der Waals surface area contributed by atoms with Crippen LogP contribution in [-0.4, -0.2) is 15.2 Å². The molecule has 0 spiro atoms. The van der Waals surface area contributed by atoms with Gasteiger partial charge in [-0.25, -0.2) is 4.98 Å². The molecule has 0 atom stereocenters. The van der Waals surface area contributed by atoms with Crippen molar-refractivity contribution in [2.45, 2.75) is 9.37 Å². The second kappa shape index (κ2) is 4.31. The van der Waals surface area contributed by atoms with Crippen LogP contribution in [0.4, 0.5) is 5.69 Å². The third-order valence-corrected chi connectivity index (χ3v) is 4.14. The van der Waals surface area contributed by atoms with Gasteiger partial charge in [0, 0.05) is 11.9 Å². The summed E-state index contributed by atoms with van der Waals surface area (Å²) in [5.41, 5.74) is 7.46. The lowest BCUT2D eigenvalue weighted by atomic mass is 10.3. The normalized spacial score (nSPS) is 10.8. The third-order valence-electron chi connectivity index (χ3n) is 2.13. The van der Waals surface area contributed by atoms with Crippen molar-refractivity contribution >= 4 is 39.0 Å². The fraction of sp³-hybridized carbons (Fsp3) is 0. The van der Waals surface area contributed by atoms with Gasteiger partial charge in [-0.15, -0.1) is 16.4 Å². The zero-order chi connectivity index (χ0) is 11.7. The molecule has 2 aromatic heterocycles. The molecule has 6 heteroatoms. The highest BCUT2D eigenvalue weighted by Crippen LogP contribution is 2.33. The van der Waals surface area contributed by atoms with Crippen molar-refractivity contribution in [1.82, 2.24) is 15.2 Å². The van der Waals surface area contributed by atoms with Gasteiger partial charge in [-0.3, -0.25) is 0 Å². The van der Waals surface area contributed by atoms with E-state index in [-0.39, 0.29) is 0 Å². The molecule has 1 aromatic carbocycles. The van der Waals surface area contributed by atoms with Crippen LogP contribution in [0.1, 0.15) is 0 Å². The molecule has 0 aliphatic heterocycles. The molecule has 0 amide bonds. The van der Waals surface area contributed by atoms with E-state index >= 15 is 0 Å². The number of nitrogens with zero attached hydrogens (tertiary/aromatic N) is 3. The Bertz CT molecular complexity index is 651. The molecule has 3 rings (SSSR count). The molecule has 2 N–H and O–H groups in total. The van der Waals surface area contributed by atoms with E-state index in [1.54, 1.807) is 17.5 Å². The van der Waals surface area contributed by atoms with Crippen molar-refractivity contribution in [2.24, 2.45) is 0 Å². The van der Waals surface area contributed by atoms with Crippen molar-refractivity contribution in [1.29, 1.82) is 0 Å². The van der Waals surface area contributed by atoms with Gasteiger partial charge in [0.15, 0.2) is 4.34 Å². The summed E-state index contributed by atoms with van der Waals surface area (Å²) in [6, 6.07) is 9.51. The summed E-state index contributed by atoms with van der Waals surface area (Å²) in [6.07, 6.45) is 1.66. The average Bonchev–Trinajstić information content (AvgIpc) is 2.71. The Labute approximate surface area is 106 Å². The molecule has 0 aliphatic rings. The van der Waals surface area contributed by atoms with E-state index in [1.807, 2.05) is 30.3 Å². The maximum Gasteiger partial charge on any atom is 0.157 e. The number of aromatic nitrogens is 3. The Morgan fingerprint density at radius 3 is 3.00 bits per heavy atom. The Morgan fingerprint density at radius 1 is 1.24 bits per heavy atom. The van der Waals surface area contributed by atoms with E-state index < -0.39 is 0 Å². The summed E-state index contributed by atoms with van der Waals surface area (Å²) >= 11 is 3.12.